The molecule has 0 bridgehead atoms. The van der Waals surface area contributed by atoms with Crippen molar-refractivity contribution in [1.82, 2.24) is 15.5 Å². The molecule has 4 heteroatoms. The number of aromatic nitrogens is 2. The van der Waals surface area contributed by atoms with Crippen molar-refractivity contribution in [2.45, 2.75) is 58.0 Å². The monoisotopic (exact) mass is 209 g/mol. The van der Waals surface area contributed by atoms with Crippen molar-refractivity contribution < 1.29 is 4.52 Å². The van der Waals surface area contributed by atoms with E-state index in [4.69, 9.17) is 4.52 Å². The third-order valence-electron chi connectivity index (χ3n) is 2.64. The summed E-state index contributed by atoms with van der Waals surface area (Å²) < 4.78 is 5.30. The zero-order valence-electron chi connectivity index (χ0n) is 9.66. The summed E-state index contributed by atoms with van der Waals surface area (Å²) in [5.41, 5.74) is 0. The summed E-state index contributed by atoms with van der Waals surface area (Å²) >= 11 is 0. The number of nitrogens with zero attached hydrogens (tertiary/aromatic N) is 2. The van der Waals surface area contributed by atoms with Crippen LogP contribution in [0.15, 0.2) is 4.52 Å². The van der Waals surface area contributed by atoms with E-state index in [0.29, 0.717) is 12.0 Å². The summed E-state index contributed by atoms with van der Waals surface area (Å²) in [6, 6.07) is 0.635. The van der Waals surface area contributed by atoms with Crippen molar-refractivity contribution in [1.29, 1.82) is 0 Å². The van der Waals surface area contributed by atoms with Crippen LogP contribution in [-0.4, -0.2) is 16.2 Å². The lowest BCUT2D eigenvalue weighted by atomic mass is 10.2. The Morgan fingerprint density at radius 1 is 1.47 bits per heavy atom. The van der Waals surface area contributed by atoms with Crippen LogP contribution in [0.25, 0.3) is 0 Å². The molecule has 15 heavy (non-hydrogen) atoms. The molecule has 1 aromatic heterocycles. The first-order valence-corrected chi connectivity index (χ1v) is 5.80. The molecule has 0 spiro atoms. The zero-order valence-corrected chi connectivity index (χ0v) is 9.66. The average molecular weight is 209 g/mol. The van der Waals surface area contributed by atoms with Crippen LogP contribution in [0.4, 0.5) is 0 Å². The van der Waals surface area contributed by atoms with E-state index in [9.17, 15) is 0 Å². The molecular weight excluding hydrogens is 190 g/mol. The largest absolute Gasteiger partial charge is 0.338 e. The molecule has 1 aliphatic carbocycles. The van der Waals surface area contributed by atoms with E-state index < -0.39 is 0 Å². The molecule has 1 atom stereocenters. The van der Waals surface area contributed by atoms with Gasteiger partial charge < -0.3 is 9.84 Å². The molecule has 1 aromatic rings. The van der Waals surface area contributed by atoms with Crippen LogP contribution in [0.5, 0.6) is 0 Å². The molecule has 0 saturated heterocycles. The van der Waals surface area contributed by atoms with Gasteiger partial charge in [-0.3, -0.25) is 0 Å². The summed E-state index contributed by atoms with van der Waals surface area (Å²) in [7, 11) is 0. The highest BCUT2D eigenvalue weighted by Crippen LogP contribution is 2.38. The molecule has 1 aliphatic rings. The molecule has 0 aliphatic heterocycles. The second-order valence-corrected chi connectivity index (χ2v) is 4.55. The molecule has 0 radical (unpaired) electrons. The molecule has 2 rings (SSSR count). The Kier molecular flexibility index (Phi) is 3.05. The summed E-state index contributed by atoms with van der Waals surface area (Å²) in [4.78, 5) is 4.46. The number of hydrogen-bond acceptors (Lipinski definition) is 4. The lowest BCUT2D eigenvalue weighted by molar-refractivity contribution is 0.313. The smallest absolute Gasteiger partial charge is 0.243 e. The van der Waals surface area contributed by atoms with Crippen LogP contribution >= 0.6 is 0 Å². The first kappa shape index (κ1) is 10.6. The van der Waals surface area contributed by atoms with Crippen LogP contribution in [0.3, 0.4) is 0 Å². The van der Waals surface area contributed by atoms with Gasteiger partial charge in [0.15, 0.2) is 5.82 Å². The Balaban J connectivity index is 2.04. The molecule has 1 unspecified atom stereocenters. The SMILES string of the molecule is CCC(NC(C)C)c1nc(C2CC2)no1. The summed E-state index contributed by atoms with van der Waals surface area (Å²) in [5.74, 6) is 2.21. The van der Waals surface area contributed by atoms with Crippen LogP contribution in [0.1, 0.15) is 63.7 Å². The lowest BCUT2D eigenvalue weighted by Crippen LogP contribution is -2.27. The van der Waals surface area contributed by atoms with Gasteiger partial charge in [0, 0.05) is 12.0 Å². The van der Waals surface area contributed by atoms with Crippen molar-refractivity contribution in [3.63, 3.8) is 0 Å². The minimum atomic E-state index is 0.199. The van der Waals surface area contributed by atoms with Gasteiger partial charge in [0.1, 0.15) is 0 Å². The first-order valence-electron chi connectivity index (χ1n) is 5.80. The fourth-order valence-electron chi connectivity index (χ4n) is 1.66. The van der Waals surface area contributed by atoms with Crippen LogP contribution in [0, 0.1) is 0 Å². The van der Waals surface area contributed by atoms with E-state index in [1.807, 2.05) is 0 Å². The van der Waals surface area contributed by atoms with E-state index >= 15 is 0 Å². The van der Waals surface area contributed by atoms with Gasteiger partial charge >= 0.3 is 0 Å². The Labute approximate surface area is 90.4 Å². The molecule has 0 amide bonds. The highest BCUT2D eigenvalue weighted by atomic mass is 16.5. The predicted octanol–water partition coefficient (Wildman–Crippen LogP) is 2.40. The normalized spacial score (nSPS) is 18.4. The molecule has 4 nitrogen and oxygen atoms in total. The van der Waals surface area contributed by atoms with Crippen molar-refractivity contribution >= 4 is 0 Å². The standard InChI is InChI=1S/C11H19N3O/c1-4-9(12-7(2)3)11-13-10(14-15-11)8-5-6-8/h7-9,12H,4-6H2,1-3H3. The number of rotatable bonds is 5. The molecule has 1 heterocycles. The van der Waals surface area contributed by atoms with Crippen LogP contribution < -0.4 is 5.32 Å². The Hall–Kier alpha value is -0.900. The Morgan fingerprint density at radius 3 is 2.73 bits per heavy atom. The minimum absolute atomic E-state index is 0.199. The average Bonchev–Trinajstić information content (AvgIpc) is 2.93. The van der Waals surface area contributed by atoms with E-state index in [-0.39, 0.29) is 6.04 Å². The van der Waals surface area contributed by atoms with E-state index in [2.05, 4.69) is 36.2 Å². The van der Waals surface area contributed by atoms with Crippen molar-refractivity contribution in [2.75, 3.05) is 0 Å². The summed E-state index contributed by atoms with van der Waals surface area (Å²) in [6.45, 7) is 6.38. The third-order valence-corrected chi connectivity index (χ3v) is 2.64. The molecule has 1 N–H and O–H groups in total. The lowest BCUT2D eigenvalue weighted by Gasteiger charge is -2.15. The van der Waals surface area contributed by atoms with Gasteiger partial charge in [-0.15, -0.1) is 0 Å². The molecule has 84 valence electrons. The Bertz CT molecular complexity index is 317. The van der Waals surface area contributed by atoms with Crippen molar-refractivity contribution in [3.05, 3.63) is 11.7 Å². The van der Waals surface area contributed by atoms with Gasteiger partial charge in [0.05, 0.1) is 6.04 Å². The van der Waals surface area contributed by atoms with Crippen molar-refractivity contribution in [2.24, 2.45) is 0 Å². The Morgan fingerprint density at radius 2 is 2.20 bits per heavy atom. The fraction of sp³-hybridized carbons (Fsp3) is 0.818. The van der Waals surface area contributed by atoms with Gasteiger partial charge in [-0.1, -0.05) is 25.9 Å². The van der Waals surface area contributed by atoms with E-state index in [1.165, 1.54) is 12.8 Å². The predicted molar refractivity (Wildman–Crippen MR) is 57.6 cm³/mol. The van der Waals surface area contributed by atoms with Gasteiger partial charge in [-0.05, 0) is 19.3 Å². The van der Waals surface area contributed by atoms with Crippen LogP contribution in [-0.2, 0) is 0 Å². The van der Waals surface area contributed by atoms with Gasteiger partial charge in [-0.25, -0.2) is 0 Å². The zero-order chi connectivity index (χ0) is 10.8. The fourth-order valence-corrected chi connectivity index (χ4v) is 1.66. The molecule has 0 aromatic carbocycles. The van der Waals surface area contributed by atoms with E-state index in [0.717, 1.165) is 18.1 Å². The summed E-state index contributed by atoms with van der Waals surface area (Å²) in [6.07, 6.45) is 3.41. The highest BCUT2D eigenvalue weighted by molar-refractivity contribution is 5.04. The van der Waals surface area contributed by atoms with Gasteiger partial charge in [0.2, 0.25) is 5.89 Å². The quantitative estimate of drug-likeness (QED) is 0.809. The van der Waals surface area contributed by atoms with E-state index in [1.54, 1.807) is 0 Å². The highest BCUT2D eigenvalue weighted by Gasteiger charge is 2.30. The second-order valence-electron chi connectivity index (χ2n) is 4.55. The number of hydrogen-bond donors (Lipinski definition) is 1. The van der Waals surface area contributed by atoms with Gasteiger partial charge in [-0.2, -0.15) is 4.98 Å². The molecule has 1 saturated carbocycles. The summed E-state index contributed by atoms with van der Waals surface area (Å²) in [5, 5.41) is 7.45. The number of nitrogens with one attached hydrogen (secondary N) is 1. The maximum absolute atomic E-state index is 5.30. The first-order chi connectivity index (χ1) is 7.20. The third kappa shape index (κ3) is 2.56. The minimum Gasteiger partial charge on any atom is -0.338 e. The topological polar surface area (TPSA) is 51.0 Å². The van der Waals surface area contributed by atoms with Crippen LogP contribution in [0.2, 0.25) is 0 Å². The molecular formula is C11H19N3O. The molecule has 1 fully saturated rings. The van der Waals surface area contributed by atoms with Gasteiger partial charge in [0.25, 0.3) is 0 Å². The van der Waals surface area contributed by atoms with Crippen molar-refractivity contribution in [3.8, 4) is 0 Å². The second kappa shape index (κ2) is 4.31. The maximum Gasteiger partial charge on any atom is 0.243 e. The maximum atomic E-state index is 5.30.